The van der Waals surface area contributed by atoms with E-state index in [1.54, 1.807) is 24.3 Å². The smallest absolute Gasteiger partial charge is 0.408 e. The van der Waals surface area contributed by atoms with Crippen molar-refractivity contribution in [3.8, 4) is 0 Å². The fourth-order valence-corrected chi connectivity index (χ4v) is 13.1. The molecule has 0 spiro atoms. The number of nitrogens with one attached hydrogen (secondary N) is 2. The zero-order chi connectivity index (χ0) is 37.8. The molecule has 2 amide bonds. The molecule has 0 aromatic heterocycles. The molecule has 8 saturated carbocycles. The number of carbonyl (C=O) groups is 2. The lowest BCUT2D eigenvalue weighted by atomic mass is 9.46. The summed E-state index contributed by atoms with van der Waals surface area (Å²) >= 11 is 0. The third-order valence-electron chi connectivity index (χ3n) is 12.7. The van der Waals surface area contributed by atoms with Crippen molar-refractivity contribution in [1.82, 2.24) is 10.6 Å². The number of benzene rings is 1. The molecule has 8 fully saturated rings. The topological polar surface area (TPSA) is 120 Å². The molecule has 8 aliphatic carbocycles. The van der Waals surface area contributed by atoms with Crippen LogP contribution in [0.25, 0.3) is 0 Å². The first-order chi connectivity index (χ1) is 24.1. The highest BCUT2D eigenvalue weighted by Gasteiger charge is 2.59. The lowest BCUT2D eigenvalue weighted by Gasteiger charge is -2.62. The SMILES string of the molecule is CC(C)(C)OC(=O)NC12CC3CC(CC(CCF)(C3)C1)C2.Cc1ccc(S(=O)(=O)OCCC23CC4CC(C2)CC(NC(=O)OC(C)(C)C)(C4)C3)cc1. The fourth-order valence-electron chi connectivity index (χ4n) is 12.2. The first kappa shape index (κ1) is 39.3. The van der Waals surface area contributed by atoms with Gasteiger partial charge in [0.25, 0.3) is 10.1 Å². The molecule has 9 rings (SSSR count). The molecule has 0 heterocycles. The van der Waals surface area contributed by atoms with Crippen LogP contribution in [0, 0.1) is 41.4 Å². The van der Waals surface area contributed by atoms with Gasteiger partial charge in [-0.1, -0.05) is 17.7 Å². The third-order valence-corrected chi connectivity index (χ3v) is 14.0. The molecular weight excluding hydrogens is 684 g/mol. The second-order valence-electron chi connectivity index (χ2n) is 20.0. The van der Waals surface area contributed by atoms with Gasteiger partial charge in [0.2, 0.25) is 0 Å². The number of aryl methyl sites for hydroxylation is 1. The Hall–Kier alpha value is -2.40. The summed E-state index contributed by atoms with van der Waals surface area (Å²) in [5.41, 5.74) is -0.194. The molecule has 0 aliphatic heterocycles. The Kier molecular flexibility index (Phi) is 10.6. The Morgan fingerprint density at radius 3 is 1.50 bits per heavy atom. The minimum atomic E-state index is -3.75. The molecular formula is C41H63FN2O7S. The lowest BCUT2D eigenvalue weighted by molar-refractivity contribution is -0.0893. The molecule has 292 valence electrons. The van der Waals surface area contributed by atoms with E-state index >= 15 is 0 Å². The van der Waals surface area contributed by atoms with E-state index in [-0.39, 0.29) is 52.3 Å². The molecule has 4 atom stereocenters. The van der Waals surface area contributed by atoms with Gasteiger partial charge >= 0.3 is 12.2 Å². The Bertz CT molecular complexity index is 1550. The van der Waals surface area contributed by atoms with E-state index in [4.69, 9.17) is 13.7 Å². The Balaban J connectivity index is 0.000000192. The number of amides is 2. The fraction of sp³-hybridized carbons (Fsp3) is 0.805. The van der Waals surface area contributed by atoms with Gasteiger partial charge in [-0.05, 0) is 185 Å². The van der Waals surface area contributed by atoms with E-state index in [0.717, 1.165) is 69.8 Å². The summed E-state index contributed by atoms with van der Waals surface area (Å²) in [6.45, 7) is 13.1. The Morgan fingerprint density at radius 2 is 1.12 bits per heavy atom. The van der Waals surface area contributed by atoms with Gasteiger partial charge in [0, 0.05) is 11.1 Å². The predicted molar refractivity (Wildman–Crippen MR) is 198 cm³/mol. The maximum Gasteiger partial charge on any atom is 0.408 e. The normalized spacial score (nSPS) is 35.8. The number of carbonyl (C=O) groups excluding carboxylic acids is 2. The van der Waals surface area contributed by atoms with Crippen molar-refractivity contribution in [2.24, 2.45) is 34.5 Å². The molecule has 0 radical (unpaired) electrons. The van der Waals surface area contributed by atoms with Crippen LogP contribution in [0.5, 0.6) is 0 Å². The predicted octanol–water partition coefficient (Wildman–Crippen LogP) is 9.16. The molecule has 9 nitrogen and oxygen atoms in total. The number of rotatable bonds is 9. The van der Waals surface area contributed by atoms with E-state index < -0.39 is 21.3 Å². The molecule has 2 N–H and O–H groups in total. The molecule has 1 aromatic rings. The zero-order valence-electron chi connectivity index (χ0n) is 32.6. The summed E-state index contributed by atoms with van der Waals surface area (Å²) in [5.74, 6) is 2.47. The lowest BCUT2D eigenvalue weighted by Crippen LogP contribution is -2.63. The number of alkyl halides is 1. The minimum absolute atomic E-state index is 0.0297. The van der Waals surface area contributed by atoms with Gasteiger partial charge in [-0.2, -0.15) is 8.42 Å². The molecule has 52 heavy (non-hydrogen) atoms. The van der Waals surface area contributed by atoms with Crippen LogP contribution in [0.4, 0.5) is 14.0 Å². The van der Waals surface area contributed by atoms with E-state index in [1.807, 2.05) is 48.5 Å². The van der Waals surface area contributed by atoms with Gasteiger partial charge in [-0.25, -0.2) is 9.59 Å². The molecule has 0 saturated heterocycles. The quantitative estimate of drug-likeness (QED) is 0.242. The zero-order valence-corrected chi connectivity index (χ0v) is 33.4. The van der Waals surface area contributed by atoms with Crippen molar-refractivity contribution in [2.75, 3.05) is 13.3 Å². The van der Waals surface area contributed by atoms with Crippen molar-refractivity contribution in [1.29, 1.82) is 0 Å². The summed E-state index contributed by atoms with van der Waals surface area (Å²) in [5, 5.41) is 6.40. The number of alkyl carbamates (subject to hydrolysis) is 2. The average molecular weight is 747 g/mol. The number of halogens is 1. The Labute approximate surface area is 311 Å². The summed E-state index contributed by atoms with van der Waals surface area (Å²) in [6.07, 6.45) is 13.6. The van der Waals surface area contributed by atoms with Gasteiger partial charge < -0.3 is 20.1 Å². The van der Waals surface area contributed by atoms with Crippen LogP contribution in [0.3, 0.4) is 0 Å². The van der Waals surface area contributed by atoms with E-state index in [0.29, 0.717) is 36.5 Å². The van der Waals surface area contributed by atoms with Crippen molar-refractivity contribution in [3.05, 3.63) is 29.8 Å². The highest BCUT2D eigenvalue weighted by Crippen LogP contribution is 2.64. The highest BCUT2D eigenvalue weighted by molar-refractivity contribution is 7.86. The van der Waals surface area contributed by atoms with Gasteiger partial charge in [0.05, 0.1) is 18.2 Å². The van der Waals surface area contributed by atoms with Crippen LogP contribution in [-0.4, -0.2) is 56.2 Å². The second-order valence-corrected chi connectivity index (χ2v) is 21.6. The van der Waals surface area contributed by atoms with Crippen LogP contribution in [-0.2, 0) is 23.8 Å². The third kappa shape index (κ3) is 9.27. The summed E-state index contributed by atoms with van der Waals surface area (Å²) < 4.78 is 54.6. The van der Waals surface area contributed by atoms with Crippen molar-refractivity contribution in [2.45, 2.75) is 166 Å². The van der Waals surface area contributed by atoms with Crippen LogP contribution in [0.1, 0.15) is 137 Å². The number of hydrogen-bond acceptors (Lipinski definition) is 7. The highest BCUT2D eigenvalue weighted by atomic mass is 32.2. The molecule has 1 aromatic carbocycles. The van der Waals surface area contributed by atoms with Gasteiger partial charge in [-0.15, -0.1) is 0 Å². The molecule has 11 heteroatoms. The Morgan fingerprint density at radius 1 is 0.712 bits per heavy atom. The molecule has 4 unspecified atom stereocenters. The van der Waals surface area contributed by atoms with Gasteiger partial charge in [0.1, 0.15) is 11.2 Å². The van der Waals surface area contributed by atoms with Gasteiger partial charge in [0.15, 0.2) is 0 Å². The van der Waals surface area contributed by atoms with Crippen LogP contribution in [0.15, 0.2) is 29.2 Å². The summed E-state index contributed by atoms with van der Waals surface area (Å²) in [6, 6.07) is 6.74. The standard InChI is InChI=1S/C24H35NO5S.C17H28FNO2/c1-17-5-7-20(8-6-17)31(27,28)29-10-9-23-12-18-11-19(13-23)15-24(14-18,16-23)25-21(26)30-22(2,3)4;1-15(2,3)21-14(20)19-17-9-12-6-13(10-17)8-16(7-12,11-17)4-5-18/h5-8,18-19H,9-16H2,1-4H3,(H,25,26);12-13H,4-11H2,1-3H3,(H,19,20). The monoisotopic (exact) mass is 746 g/mol. The molecule has 8 bridgehead atoms. The second kappa shape index (κ2) is 14.0. The van der Waals surface area contributed by atoms with E-state index in [2.05, 4.69) is 10.6 Å². The van der Waals surface area contributed by atoms with Crippen molar-refractivity contribution in [3.63, 3.8) is 0 Å². The largest absolute Gasteiger partial charge is 0.444 e. The first-order valence-corrected chi connectivity index (χ1v) is 21.1. The molecule has 8 aliphatic rings. The maximum absolute atomic E-state index is 13.0. The summed E-state index contributed by atoms with van der Waals surface area (Å²) in [7, 11) is -3.75. The summed E-state index contributed by atoms with van der Waals surface area (Å²) in [4.78, 5) is 24.9. The van der Waals surface area contributed by atoms with Crippen LogP contribution in [0.2, 0.25) is 0 Å². The first-order valence-electron chi connectivity index (χ1n) is 19.7. The number of hydrogen-bond donors (Lipinski definition) is 2. The minimum Gasteiger partial charge on any atom is -0.444 e. The van der Waals surface area contributed by atoms with E-state index in [1.165, 1.54) is 12.8 Å². The average Bonchev–Trinajstić information content (AvgIpc) is 2.93. The van der Waals surface area contributed by atoms with E-state index in [9.17, 15) is 22.4 Å². The van der Waals surface area contributed by atoms with Gasteiger partial charge in [-0.3, -0.25) is 8.57 Å². The maximum atomic E-state index is 13.0. The number of ether oxygens (including phenoxy) is 2. The van der Waals surface area contributed by atoms with Crippen LogP contribution >= 0.6 is 0 Å². The van der Waals surface area contributed by atoms with Crippen molar-refractivity contribution >= 4 is 22.3 Å². The van der Waals surface area contributed by atoms with Crippen LogP contribution < -0.4 is 10.6 Å². The van der Waals surface area contributed by atoms with Crippen molar-refractivity contribution < 1.29 is 36.1 Å².